The van der Waals surface area contributed by atoms with Crippen LogP contribution in [0.5, 0.6) is 0 Å². The molecule has 2 N–H and O–H groups in total. The van der Waals surface area contributed by atoms with Gasteiger partial charge in [-0.3, -0.25) is 4.79 Å². The Bertz CT molecular complexity index is 398. The summed E-state index contributed by atoms with van der Waals surface area (Å²) in [7, 11) is 1.82. The molecule has 5 heteroatoms. The van der Waals surface area contributed by atoms with Crippen molar-refractivity contribution in [3.05, 3.63) is 16.1 Å². The Labute approximate surface area is 107 Å². The minimum atomic E-state index is -0.158. The van der Waals surface area contributed by atoms with Crippen molar-refractivity contribution >= 4 is 17.2 Å². The molecule has 0 spiro atoms. The number of rotatable bonds is 4. The Morgan fingerprint density at radius 3 is 2.65 bits per heavy atom. The van der Waals surface area contributed by atoms with Gasteiger partial charge < -0.3 is 10.6 Å². The average molecular weight is 255 g/mol. The van der Waals surface area contributed by atoms with Crippen LogP contribution in [-0.4, -0.2) is 28.4 Å². The molecule has 4 nitrogen and oxygen atoms in total. The van der Waals surface area contributed by atoms with E-state index < -0.39 is 0 Å². The second kappa shape index (κ2) is 5.14. The summed E-state index contributed by atoms with van der Waals surface area (Å²) in [5, 5.41) is 2.58. The van der Waals surface area contributed by atoms with Gasteiger partial charge in [-0.2, -0.15) is 0 Å². The zero-order valence-electron chi connectivity index (χ0n) is 11.2. The minimum Gasteiger partial charge on any atom is -0.335 e. The Kier molecular flexibility index (Phi) is 4.27. The maximum absolute atomic E-state index is 12.2. The third-order valence-electron chi connectivity index (χ3n) is 3.21. The fraction of sp³-hybridized carbons (Fsp3) is 0.667. The highest BCUT2D eigenvalue weighted by Gasteiger charge is 2.27. The molecule has 1 unspecified atom stereocenters. The lowest BCUT2D eigenvalue weighted by atomic mass is 10.00. The van der Waals surface area contributed by atoms with Crippen molar-refractivity contribution in [1.82, 2.24) is 9.88 Å². The quantitative estimate of drug-likeness (QED) is 0.899. The second-order valence-corrected chi connectivity index (χ2v) is 5.78. The normalized spacial score (nSPS) is 13.5. The van der Waals surface area contributed by atoms with Crippen LogP contribution >= 0.6 is 11.3 Å². The van der Waals surface area contributed by atoms with Crippen molar-refractivity contribution in [3.8, 4) is 0 Å². The highest BCUT2D eigenvalue weighted by Crippen LogP contribution is 2.21. The lowest BCUT2D eigenvalue weighted by Gasteiger charge is -2.34. The van der Waals surface area contributed by atoms with E-state index in [9.17, 15) is 4.79 Å². The van der Waals surface area contributed by atoms with E-state index in [2.05, 4.69) is 11.9 Å². The van der Waals surface area contributed by atoms with Crippen molar-refractivity contribution in [2.45, 2.75) is 45.7 Å². The summed E-state index contributed by atoms with van der Waals surface area (Å²) >= 11 is 1.44. The fourth-order valence-corrected chi connectivity index (χ4v) is 2.03. The van der Waals surface area contributed by atoms with Crippen LogP contribution < -0.4 is 5.73 Å². The summed E-state index contributed by atoms with van der Waals surface area (Å²) in [5.41, 5.74) is 6.07. The first-order valence-corrected chi connectivity index (χ1v) is 6.66. The number of hydrogen-bond acceptors (Lipinski definition) is 4. The smallest absolute Gasteiger partial charge is 0.273 e. The molecule has 1 amide bonds. The number of thiazole rings is 1. The summed E-state index contributed by atoms with van der Waals surface area (Å²) in [6.45, 7) is 8.03. The van der Waals surface area contributed by atoms with Crippen LogP contribution in [0.25, 0.3) is 0 Å². The summed E-state index contributed by atoms with van der Waals surface area (Å²) < 4.78 is 0. The monoisotopic (exact) mass is 255 g/mol. The molecule has 0 aliphatic carbocycles. The van der Waals surface area contributed by atoms with E-state index in [1.165, 1.54) is 11.3 Å². The fourth-order valence-electron chi connectivity index (χ4n) is 1.28. The van der Waals surface area contributed by atoms with Gasteiger partial charge in [0.25, 0.3) is 5.91 Å². The van der Waals surface area contributed by atoms with E-state index in [1.54, 1.807) is 10.3 Å². The van der Waals surface area contributed by atoms with Crippen LogP contribution in [0.2, 0.25) is 0 Å². The predicted molar refractivity (Wildman–Crippen MR) is 71.2 cm³/mol. The largest absolute Gasteiger partial charge is 0.335 e. The lowest BCUT2D eigenvalue weighted by molar-refractivity contribution is 0.0615. The van der Waals surface area contributed by atoms with Gasteiger partial charge in [0.05, 0.1) is 6.04 Å². The Morgan fingerprint density at radius 1 is 1.65 bits per heavy atom. The number of nitrogens with two attached hydrogens (primary N) is 1. The molecule has 0 aliphatic heterocycles. The minimum absolute atomic E-state index is 0.0417. The molecule has 0 fully saturated rings. The Morgan fingerprint density at radius 2 is 2.24 bits per heavy atom. The number of carbonyl (C=O) groups is 1. The maximum Gasteiger partial charge on any atom is 0.273 e. The van der Waals surface area contributed by atoms with Gasteiger partial charge in [0, 0.05) is 18.0 Å². The molecule has 1 rings (SSSR count). The number of carbonyl (C=O) groups excluding carboxylic acids is 1. The van der Waals surface area contributed by atoms with Gasteiger partial charge in [-0.25, -0.2) is 4.98 Å². The first-order chi connectivity index (χ1) is 7.79. The molecule has 1 atom stereocenters. The van der Waals surface area contributed by atoms with E-state index in [0.29, 0.717) is 5.69 Å². The second-order valence-electron chi connectivity index (χ2n) is 4.89. The summed E-state index contributed by atoms with van der Waals surface area (Å²) in [6.07, 6.45) is 0.902. The predicted octanol–water partition coefficient (Wildman–Crippen LogP) is 2.42. The standard InChI is InChI=1S/C12H21N3OS/c1-6-12(3,4)15(5)11(16)9-7-17-10(14-9)8(2)13/h7-8H,6,13H2,1-5H3. The molecule has 0 bridgehead atoms. The molecule has 0 radical (unpaired) electrons. The molecule has 17 heavy (non-hydrogen) atoms. The molecule has 1 aromatic heterocycles. The number of aromatic nitrogens is 1. The number of amides is 1. The zero-order chi connectivity index (χ0) is 13.2. The van der Waals surface area contributed by atoms with E-state index in [4.69, 9.17) is 5.73 Å². The van der Waals surface area contributed by atoms with Gasteiger partial charge >= 0.3 is 0 Å². The van der Waals surface area contributed by atoms with Crippen molar-refractivity contribution < 1.29 is 4.79 Å². The lowest BCUT2D eigenvalue weighted by Crippen LogP contribution is -2.44. The highest BCUT2D eigenvalue weighted by molar-refractivity contribution is 7.09. The third kappa shape index (κ3) is 3.04. The van der Waals surface area contributed by atoms with E-state index >= 15 is 0 Å². The molecule has 0 saturated heterocycles. The van der Waals surface area contributed by atoms with E-state index in [-0.39, 0.29) is 17.5 Å². The SMILES string of the molecule is CCC(C)(C)N(C)C(=O)c1csc(C(C)N)n1. The zero-order valence-corrected chi connectivity index (χ0v) is 12.0. The van der Waals surface area contributed by atoms with Gasteiger partial charge in [-0.15, -0.1) is 11.3 Å². The van der Waals surface area contributed by atoms with Crippen LogP contribution in [0.1, 0.15) is 55.7 Å². The van der Waals surface area contributed by atoms with Crippen LogP contribution in [0.3, 0.4) is 0 Å². The number of nitrogens with zero attached hydrogens (tertiary/aromatic N) is 2. The third-order valence-corrected chi connectivity index (χ3v) is 4.25. The van der Waals surface area contributed by atoms with Crippen molar-refractivity contribution in [1.29, 1.82) is 0 Å². The van der Waals surface area contributed by atoms with Crippen LogP contribution in [0.15, 0.2) is 5.38 Å². The average Bonchev–Trinajstić information content (AvgIpc) is 2.76. The topological polar surface area (TPSA) is 59.2 Å². The highest BCUT2D eigenvalue weighted by atomic mass is 32.1. The van der Waals surface area contributed by atoms with Gasteiger partial charge in [0.15, 0.2) is 0 Å². The Hall–Kier alpha value is -0.940. The van der Waals surface area contributed by atoms with Crippen molar-refractivity contribution in [3.63, 3.8) is 0 Å². The molecular formula is C12H21N3OS. The van der Waals surface area contributed by atoms with Crippen LogP contribution in [0, 0.1) is 0 Å². The Balaban J connectivity index is 2.89. The summed E-state index contributed by atoms with van der Waals surface area (Å²) in [6, 6.07) is -0.119. The summed E-state index contributed by atoms with van der Waals surface area (Å²) in [4.78, 5) is 18.2. The van der Waals surface area contributed by atoms with Crippen LogP contribution in [0.4, 0.5) is 0 Å². The first kappa shape index (κ1) is 14.1. The van der Waals surface area contributed by atoms with Gasteiger partial charge in [-0.1, -0.05) is 6.92 Å². The van der Waals surface area contributed by atoms with Crippen molar-refractivity contribution in [2.75, 3.05) is 7.05 Å². The molecule has 1 aromatic rings. The maximum atomic E-state index is 12.2. The molecule has 96 valence electrons. The molecule has 0 aromatic carbocycles. The van der Waals surface area contributed by atoms with Crippen molar-refractivity contribution in [2.24, 2.45) is 5.73 Å². The van der Waals surface area contributed by atoms with E-state index in [0.717, 1.165) is 11.4 Å². The van der Waals surface area contributed by atoms with Gasteiger partial charge in [0.2, 0.25) is 0 Å². The van der Waals surface area contributed by atoms with Gasteiger partial charge in [-0.05, 0) is 27.2 Å². The van der Waals surface area contributed by atoms with Crippen LogP contribution in [-0.2, 0) is 0 Å². The molecule has 0 aliphatic rings. The van der Waals surface area contributed by atoms with Gasteiger partial charge in [0.1, 0.15) is 10.7 Å². The molecular weight excluding hydrogens is 234 g/mol. The summed E-state index contributed by atoms with van der Waals surface area (Å²) in [5.74, 6) is -0.0417. The first-order valence-electron chi connectivity index (χ1n) is 5.78. The molecule has 1 heterocycles. The number of hydrogen-bond donors (Lipinski definition) is 1. The molecule has 0 saturated carbocycles. The van der Waals surface area contributed by atoms with E-state index in [1.807, 2.05) is 27.8 Å².